The third kappa shape index (κ3) is 5.59. The molecule has 3 heteroatoms. The highest BCUT2D eigenvalue weighted by atomic mass is 19.1. The first-order valence-electron chi connectivity index (χ1n) is 1.83. The Hall–Kier alpha value is -0.410. The predicted octanol–water partition coefficient (Wildman–Crippen LogP) is 1.05. The quantitative estimate of drug-likeness (QED) is 0.231. The molecule has 0 aromatic heterocycles. The van der Waals surface area contributed by atoms with Crippen LogP contribution in [0.25, 0.3) is 0 Å². The topological polar surface area (TPSA) is 18.5 Å². The lowest BCUT2D eigenvalue weighted by atomic mass is 10.7. The van der Waals surface area contributed by atoms with E-state index in [1.165, 1.54) is 6.08 Å². The Morgan fingerprint density at radius 3 is 2.71 bits per heavy atom. The highest BCUT2D eigenvalue weighted by Crippen LogP contribution is 1.76. The van der Waals surface area contributed by atoms with Gasteiger partial charge in [0.05, 0.1) is 0 Å². The largest absolute Gasteiger partial charge is 0.230 e. The standard InChI is InChI=1S/C4H7FO2/c1-2-3-6-7-4-5/h2H,1,3-4H2. The van der Waals surface area contributed by atoms with E-state index in [-0.39, 0.29) is 6.61 Å². The molecular formula is C4H7FO2. The third-order valence-electron chi connectivity index (χ3n) is 0.314. The summed E-state index contributed by atoms with van der Waals surface area (Å²) >= 11 is 0. The van der Waals surface area contributed by atoms with Crippen molar-refractivity contribution < 1.29 is 14.2 Å². The molecule has 0 fully saturated rings. The summed E-state index contributed by atoms with van der Waals surface area (Å²) in [7, 11) is 0. The number of alkyl halides is 1. The molecule has 0 aromatic carbocycles. The highest BCUT2D eigenvalue weighted by Gasteiger charge is 1.76. The van der Waals surface area contributed by atoms with Crippen LogP contribution in [-0.4, -0.2) is 13.5 Å². The van der Waals surface area contributed by atoms with Gasteiger partial charge in [-0.05, 0) is 0 Å². The van der Waals surface area contributed by atoms with Crippen LogP contribution in [0.5, 0.6) is 0 Å². The maximum atomic E-state index is 10.9. The minimum atomic E-state index is -0.909. The monoisotopic (exact) mass is 106 g/mol. The summed E-state index contributed by atoms with van der Waals surface area (Å²) in [5.41, 5.74) is 0. The Balaban J connectivity index is 2.56. The Bertz CT molecular complexity index is 47.0. The molecule has 0 saturated heterocycles. The number of rotatable bonds is 4. The molecule has 0 bridgehead atoms. The molecule has 42 valence electrons. The lowest BCUT2D eigenvalue weighted by Crippen LogP contribution is -1.90. The van der Waals surface area contributed by atoms with Crippen LogP contribution in [0.3, 0.4) is 0 Å². The molecule has 0 N–H and O–H groups in total. The van der Waals surface area contributed by atoms with Crippen LogP contribution in [0, 0.1) is 0 Å². The molecule has 0 saturated carbocycles. The maximum Gasteiger partial charge on any atom is 0.221 e. The number of halogens is 1. The minimum Gasteiger partial charge on any atom is -0.230 e. The first kappa shape index (κ1) is 6.59. The van der Waals surface area contributed by atoms with Crippen molar-refractivity contribution in [2.45, 2.75) is 0 Å². The third-order valence-corrected chi connectivity index (χ3v) is 0.314. The highest BCUT2D eigenvalue weighted by molar-refractivity contribution is 4.61. The van der Waals surface area contributed by atoms with Gasteiger partial charge in [-0.1, -0.05) is 6.08 Å². The van der Waals surface area contributed by atoms with Crippen LogP contribution in [0.4, 0.5) is 4.39 Å². The zero-order valence-corrected chi connectivity index (χ0v) is 3.89. The van der Waals surface area contributed by atoms with Gasteiger partial charge in [0.1, 0.15) is 6.61 Å². The summed E-state index contributed by atoms with van der Waals surface area (Å²) in [6, 6.07) is 0. The lowest BCUT2D eigenvalue weighted by Gasteiger charge is -1.91. The van der Waals surface area contributed by atoms with Gasteiger partial charge in [0.25, 0.3) is 0 Å². The summed E-state index contributed by atoms with van der Waals surface area (Å²) in [5, 5.41) is 0. The van der Waals surface area contributed by atoms with Gasteiger partial charge in [0.15, 0.2) is 0 Å². The van der Waals surface area contributed by atoms with E-state index in [0.29, 0.717) is 0 Å². The van der Waals surface area contributed by atoms with Crippen molar-refractivity contribution in [2.24, 2.45) is 0 Å². The second kappa shape index (κ2) is 5.59. The fourth-order valence-electron chi connectivity index (χ4n) is 0.128. The lowest BCUT2D eigenvalue weighted by molar-refractivity contribution is -0.307. The molecule has 0 heterocycles. The van der Waals surface area contributed by atoms with E-state index in [9.17, 15) is 4.39 Å². The molecule has 0 amide bonds. The zero-order valence-electron chi connectivity index (χ0n) is 3.89. The molecule has 7 heavy (non-hydrogen) atoms. The van der Waals surface area contributed by atoms with E-state index < -0.39 is 6.86 Å². The fraction of sp³-hybridized carbons (Fsp3) is 0.500. The first-order chi connectivity index (χ1) is 3.41. The molecule has 0 rings (SSSR count). The maximum absolute atomic E-state index is 10.9. The van der Waals surface area contributed by atoms with Crippen LogP contribution in [0.2, 0.25) is 0 Å². The van der Waals surface area contributed by atoms with Gasteiger partial charge in [-0.25, -0.2) is 14.2 Å². The Morgan fingerprint density at radius 2 is 2.29 bits per heavy atom. The average Bonchev–Trinajstić information content (AvgIpc) is 1.69. The second-order valence-corrected chi connectivity index (χ2v) is 0.800. The molecular weight excluding hydrogens is 99.0 g/mol. The summed E-state index contributed by atoms with van der Waals surface area (Å²) < 4.78 is 10.9. The van der Waals surface area contributed by atoms with Crippen LogP contribution in [-0.2, 0) is 9.78 Å². The first-order valence-corrected chi connectivity index (χ1v) is 1.83. The van der Waals surface area contributed by atoms with E-state index in [0.717, 1.165) is 0 Å². The molecule has 0 aliphatic heterocycles. The molecule has 0 spiro atoms. The van der Waals surface area contributed by atoms with E-state index in [4.69, 9.17) is 0 Å². The molecule has 0 atom stereocenters. The van der Waals surface area contributed by atoms with E-state index >= 15 is 0 Å². The van der Waals surface area contributed by atoms with Crippen molar-refractivity contribution in [3.05, 3.63) is 12.7 Å². The summed E-state index contributed by atoms with van der Waals surface area (Å²) in [5.74, 6) is 0. The van der Waals surface area contributed by atoms with E-state index in [2.05, 4.69) is 16.4 Å². The van der Waals surface area contributed by atoms with Gasteiger partial charge < -0.3 is 0 Å². The van der Waals surface area contributed by atoms with Gasteiger partial charge in [-0.2, -0.15) is 0 Å². The second-order valence-electron chi connectivity index (χ2n) is 0.800. The van der Waals surface area contributed by atoms with Crippen LogP contribution < -0.4 is 0 Å². The van der Waals surface area contributed by atoms with Crippen molar-refractivity contribution in [2.75, 3.05) is 13.5 Å². The molecule has 0 aliphatic rings. The Morgan fingerprint density at radius 1 is 1.57 bits per heavy atom. The van der Waals surface area contributed by atoms with E-state index in [1.807, 2.05) is 0 Å². The molecule has 0 aliphatic carbocycles. The predicted molar refractivity (Wildman–Crippen MR) is 23.2 cm³/mol. The van der Waals surface area contributed by atoms with Crippen LogP contribution >= 0.6 is 0 Å². The fourth-order valence-corrected chi connectivity index (χ4v) is 0.128. The van der Waals surface area contributed by atoms with Crippen molar-refractivity contribution in [1.29, 1.82) is 0 Å². The van der Waals surface area contributed by atoms with Crippen molar-refractivity contribution >= 4 is 0 Å². The van der Waals surface area contributed by atoms with Crippen molar-refractivity contribution in [1.82, 2.24) is 0 Å². The molecule has 0 unspecified atom stereocenters. The van der Waals surface area contributed by atoms with Gasteiger partial charge >= 0.3 is 0 Å². The van der Waals surface area contributed by atoms with Gasteiger partial charge in [-0.3, -0.25) is 0 Å². The Labute approximate surface area is 41.5 Å². The van der Waals surface area contributed by atoms with Crippen LogP contribution in [0.15, 0.2) is 12.7 Å². The normalized spacial score (nSPS) is 8.71. The van der Waals surface area contributed by atoms with Crippen molar-refractivity contribution in [3.8, 4) is 0 Å². The minimum absolute atomic E-state index is 0.226. The summed E-state index contributed by atoms with van der Waals surface area (Å²) in [6.07, 6.45) is 1.47. The summed E-state index contributed by atoms with van der Waals surface area (Å²) in [4.78, 5) is 7.97. The van der Waals surface area contributed by atoms with Gasteiger partial charge in [0, 0.05) is 0 Å². The average molecular weight is 106 g/mol. The van der Waals surface area contributed by atoms with E-state index in [1.54, 1.807) is 0 Å². The van der Waals surface area contributed by atoms with Crippen LogP contribution in [0.1, 0.15) is 0 Å². The number of hydrogen-bond donors (Lipinski definition) is 0. The smallest absolute Gasteiger partial charge is 0.221 e. The SMILES string of the molecule is C=CCOOCF. The zero-order chi connectivity index (χ0) is 5.54. The molecule has 0 aromatic rings. The van der Waals surface area contributed by atoms with Crippen molar-refractivity contribution in [3.63, 3.8) is 0 Å². The molecule has 2 nitrogen and oxygen atoms in total. The molecule has 0 radical (unpaired) electrons. The van der Waals surface area contributed by atoms with Gasteiger partial charge in [-0.15, -0.1) is 6.58 Å². The Kier molecular flexibility index (Phi) is 5.26. The van der Waals surface area contributed by atoms with Gasteiger partial charge in [0.2, 0.25) is 6.86 Å². The number of hydrogen-bond acceptors (Lipinski definition) is 2. The summed E-state index contributed by atoms with van der Waals surface area (Å²) in [6.45, 7) is 2.62.